The molecule has 0 aliphatic carbocycles. The van der Waals surface area contributed by atoms with E-state index in [9.17, 15) is 4.79 Å². The second-order valence-corrected chi connectivity index (χ2v) is 10.5. The van der Waals surface area contributed by atoms with Crippen LogP contribution in [0.25, 0.3) is 10.2 Å². The Hall–Kier alpha value is -1.93. The Labute approximate surface area is 198 Å². The lowest BCUT2D eigenvalue weighted by Gasteiger charge is -2.29. The minimum Gasteiger partial charge on any atom is -0.379 e. The van der Waals surface area contributed by atoms with Crippen molar-refractivity contribution >= 4 is 44.4 Å². The van der Waals surface area contributed by atoms with E-state index in [4.69, 9.17) is 9.72 Å². The van der Waals surface area contributed by atoms with Gasteiger partial charge in [0.2, 0.25) is 5.91 Å². The van der Waals surface area contributed by atoms with E-state index in [1.165, 1.54) is 26.3 Å². The van der Waals surface area contributed by atoms with Crippen molar-refractivity contribution in [1.29, 1.82) is 0 Å². The number of morpholine rings is 1. The predicted molar refractivity (Wildman–Crippen MR) is 135 cm³/mol. The molecule has 4 rings (SSSR count). The molecule has 0 spiro atoms. The van der Waals surface area contributed by atoms with Crippen LogP contribution in [0, 0.1) is 20.8 Å². The van der Waals surface area contributed by atoms with E-state index in [1.807, 2.05) is 4.90 Å². The average molecular weight is 470 g/mol. The van der Waals surface area contributed by atoms with Gasteiger partial charge in [-0.1, -0.05) is 35.1 Å². The Balaban J connectivity index is 1.48. The molecule has 0 unspecified atom stereocenters. The molecule has 3 aromatic rings. The van der Waals surface area contributed by atoms with E-state index in [0.717, 1.165) is 49.2 Å². The molecule has 1 aliphatic heterocycles. The maximum absolute atomic E-state index is 13.3. The van der Waals surface area contributed by atoms with E-state index in [-0.39, 0.29) is 5.91 Å². The molecule has 1 aromatic heterocycles. The summed E-state index contributed by atoms with van der Waals surface area (Å²) in [4.78, 5) is 23.7. The smallest absolute Gasteiger partial charge is 0.229 e. The number of benzene rings is 2. The number of ether oxygens (including phenoxy) is 1. The molecule has 1 aliphatic rings. The van der Waals surface area contributed by atoms with Crippen LogP contribution >= 0.6 is 23.1 Å². The molecule has 5 nitrogen and oxygen atoms in total. The lowest BCUT2D eigenvalue weighted by Crippen LogP contribution is -2.43. The van der Waals surface area contributed by atoms with E-state index >= 15 is 0 Å². The minimum atomic E-state index is 0.145. The summed E-state index contributed by atoms with van der Waals surface area (Å²) < 4.78 is 6.64. The zero-order chi connectivity index (χ0) is 22.5. The van der Waals surface area contributed by atoms with Crippen LogP contribution < -0.4 is 4.90 Å². The van der Waals surface area contributed by atoms with Crippen molar-refractivity contribution < 1.29 is 9.53 Å². The van der Waals surface area contributed by atoms with Gasteiger partial charge in [0, 0.05) is 43.2 Å². The van der Waals surface area contributed by atoms with Crippen molar-refractivity contribution in [3.8, 4) is 0 Å². The lowest BCUT2D eigenvalue weighted by molar-refractivity contribution is -0.118. The number of hydrogen-bond acceptors (Lipinski definition) is 6. The Morgan fingerprint density at radius 2 is 1.88 bits per heavy atom. The Morgan fingerprint density at radius 1 is 1.12 bits per heavy atom. The minimum absolute atomic E-state index is 0.145. The topological polar surface area (TPSA) is 45.7 Å². The molecule has 170 valence electrons. The number of amides is 1. The summed E-state index contributed by atoms with van der Waals surface area (Å²) >= 11 is 3.37. The summed E-state index contributed by atoms with van der Waals surface area (Å²) in [5.74, 6) is 0.908. The fraction of sp³-hybridized carbons (Fsp3) is 0.440. The monoisotopic (exact) mass is 469 g/mol. The van der Waals surface area contributed by atoms with Gasteiger partial charge in [-0.05, 0) is 50.1 Å². The van der Waals surface area contributed by atoms with Gasteiger partial charge in [-0.3, -0.25) is 14.6 Å². The van der Waals surface area contributed by atoms with Gasteiger partial charge in [-0.25, -0.2) is 4.98 Å². The molecular weight excluding hydrogens is 438 g/mol. The van der Waals surface area contributed by atoms with E-state index in [2.05, 4.69) is 62.1 Å². The molecular formula is C25H31N3O2S2. The number of aromatic nitrogens is 1. The number of aryl methyl sites for hydroxylation is 3. The van der Waals surface area contributed by atoms with Crippen LogP contribution in [0.3, 0.4) is 0 Å². The lowest BCUT2D eigenvalue weighted by atomic mass is 10.1. The highest BCUT2D eigenvalue weighted by molar-refractivity contribution is 7.99. The quantitative estimate of drug-likeness (QED) is 0.431. The molecule has 0 bridgehead atoms. The highest BCUT2D eigenvalue weighted by atomic mass is 32.2. The van der Waals surface area contributed by atoms with E-state index < -0.39 is 0 Å². The second kappa shape index (κ2) is 10.8. The summed E-state index contributed by atoms with van der Waals surface area (Å²) in [7, 11) is 0. The molecule has 2 aromatic carbocycles. The Bertz CT molecular complexity index is 1060. The van der Waals surface area contributed by atoms with Crippen molar-refractivity contribution in [1.82, 2.24) is 9.88 Å². The van der Waals surface area contributed by atoms with Crippen LogP contribution in [0.2, 0.25) is 0 Å². The fourth-order valence-corrected chi connectivity index (χ4v) is 5.80. The third kappa shape index (κ3) is 5.90. The van der Waals surface area contributed by atoms with Crippen LogP contribution in [-0.2, 0) is 9.53 Å². The van der Waals surface area contributed by atoms with Crippen molar-refractivity contribution in [2.24, 2.45) is 0 Å². The average Bonchev–Trinajstić information content (AvgIpc) is 3.20. The van der Waals surface area contributed by atoms with Gasteiger partial charge in [0.05, 0.1) is 23.4 Å². The first-order valence-electron chi connectivity index (χ1n) is 11.2. The van der Waals surface area contributed by atoms with Gasteiger partial charge in [0.15, 0.2) is 5.13 Å². The number of rotatable bonds is 8. The van der Waals surface area contributed by atoms with Gasteiger partial charge in [0.25, 0.3) is 0 Å². The zero-order valence-electron chi connectivity index (χ0n) is 19.1. The highest BCUT2D eigenvalue weighted by Gasteiger charge is 2.22. The van der Waals surface area contributed by atoms with Crippen molar-refractivity contribution in [3.05, 3.63) is 53.1 Å². The highest BCUT2D eigenvalue weighted by Crippen LogP contribution is 2.32. The number of anilines is 1. The summed E-state index contributed by atoms with van der Waals surface area (Å²) in [6.45, 7) is 11.2. The van der Waals surface area contributed by atoms with Crippen LogP contribution in [0.15, 0.2) is 41.3 Å². The number of hydrogen-bond donors (Lipinski definition) is 0. The fourth-order valence-electron chi connectivity index (χ4n) is 3.90. The zero-order valence-corrected chi connectivity index (χ0v) is 20.7. The van der Waals surface area contributed by atoms with E-state index in [1.54, 1.807) is 23.1 Å². The maximum Gasteiger partial charge on any atom is 0.229 e. The molecule has 2 heterocycles. The standard InChI is InChI=1S/C25H31N3O2S2/c1-18-4-6-21(7-5-18)31-15-8-23(29)28(10-9-27-11-13-30-14-12-27)25-26-22-17-19(2)16-20(3)24(22)32-25/h4-7,16-17H,8-15H2,1-3H3. The first kappa shape index (κ1) is 23.2. The molecule has 1 amide bonds. The van der Waals surface area contributed by atoms with E-state index in [0.29, 0.717) is 13.0 Å². The summed E-state index contributed by atoms with van der Waals surface area (Å²) in [5.41, 5.74) is 4.66. The number of carbonyl (C=O) groups is 1. The molecule has 32 heavy (non-hydrogen) atoms. The molecule has 0 radical (unpaired) electrons. The molecule has 1 fully saturated rings. The Kier molecular flexibility index (Phi) is 7.84. The SMILES string of the molecule is Cc1ccc(SCCC(=O)N(CCN2CCOCC2)c2nc3cc(C)cc(C)c3s2)cc1. The number of fused-ring (bicyclic) bond motifs is 1. The first-order valence-corrected chi connectivity index (χ1v) is 13.0. The third-order valence-electron chi connectivity index (χ3n) is 5.69. The summed E-state index contributed by atoms with van der Waals surface area (Å²) in [6.07, 6.45) is 0.496. The van der Waals surface area contributed by atoms with Gasteiger partial charge < -0.3 is 4.74 Å². The van der Waals surface area contributed by atoms with Crippen molar-refractivity contribution in [2.45, 2.75) is 32.1 Å². The van der Waals surface area contributed by atoms with Crippen LogP contribution in [-0.4, -0.2) is 60.9 Å². The molecule has 0 atom stereocenters. The third-order valence-corrected chi connectivity index (χ3v) is 7.93. The number of carbonyl (C=O) groups excluding carboxylic acids is 1. The predicted octanol–water partition coefficient (Wildman–Crippen LogP) is 5.07. The number of nitrogens with zero attached hydrogens (tertiary/aromatic N) is 3. The van der Waals surface area contributed by atoms with Gasteiger partial charge >= 0.3 is 0 Å². The molecule has 0 saturated carbocycles. The van der Waals surface area contributed by atoms with Gasteiger partial charge in [-0.15, -0.1) is 11.8 Å². The molecule has 0 N–H and O–H groups in total. The van der Waals surface area contributed by atoms with Crippen LogP contribution in [0.1, 0.15) is 23.1 Å². The van der Waals surface area contributed by atoms with Crippen molar-refractivity contribution in [3.63, 3.8) is 0 Å². The van der Waals surface area contributed by atoms with Crippen LogP contribution in [0.4, 0.5) is 5.13 Å². The largest absolute Gasteiger partial charge is 0.379 e. The van der Waals surface area contributed by atoms with Crippen molar-refractivity contribution in [2.75, 3.05) is 50.0 Å². The van der Waals surface area contributed by atoms with Crippen LogP contribution in [0.5, 0.6) is 0 Å². The normalized spacial score (nSPS) is 14.7. The molecule has 7 heteroatoms. The maximum atomic E-state index is 13.3. The van der Waals surface area contributed by atoms with Gasteiger partial charge in [0.1, 0.15) is 0 Å². The number of thiazole rings is 1. The summed E-state index contributed by atoms with van der Waals surface area (Å²) in [6, 6.07) is 12.8. The second-order valence-electron chi connectivity index (χ2n) is 8.34. The Morgan fingerprint density at radius 3 is 2.62 bits per heavy atom. The first-order chi connectivity index (χ1) is 15.5. The molecule has 1 saturated heterocycles. The summed E-state index contributed by atoms with van der Waals surface area (Å²) in [5, 5.41) is 0.812. The van der Waals surface area contributed by atoms with Gasteiger partial charge in [-0.2, -0.15) is 0 Å². The number of thioether (sulfide) groups is 1.